The van der Waals surface area contributed by atoms with Crippen molar-refractivity contribution in [3.8, 4) is 0 Å². The van der Waals surface area contributed by atoms with E-state index in [1.807, 2.05) is 0 Å². The molecule has 0 saturated carbocycles. The molecule has 0 spiro atoms. The Bertz CT molecular complexity index is 471. The number of esters is 2. The predicted molar refractivity (Wildman–Crippen MR) is 189 cm³/mol. The van der Waals surface area contributed by atoms with Gasteiger partial charge in [0.1, 0.15) is 0 Å². The SMILES string of the molecule is CCCCCCCCCCCCCCCCCC(=O)OC(=O)CCCCCCCCCCCCCCCCC.[AlH3].[PbH2]. The van der Waals surface area contributed by atoms with Gasteiger partial charge in [-0.05, 0) is 12.8 Å². The Kier molecular flexibility index (Phi) is 45.6. The number of rotatable bonds is 32. The molecule has 0 aromatic heterocycles. The Hall–Kier alpha value is 0.595. The summed E-state index contributed by atoms with van der Waals surface area (Å²) < 4.78 is 5.01. The summed E-state index contributed by atoms with van der Waals surface area (Å²) in [6.45, 7) is 4.55. The average Bonchev–Trinajstić information content (AvgIpc) is 2.93. The summed E-state index contributed by atoms with van der Waals surface area (Å²) in [6.07, 6.45) is 40.1. The fourth-order valence-corrected chi connectivity index (χ4v) is 5.51. The van der Waals surface area contributed by atoms with Crippen molar-refractivity contribution >= 4 is 56.6 Å². The molecule has 0 aromatic rings. The molecule has 41 heavy (non-hydrogen) atoms. The molecule has 2 radical (unpaired) electrons. The summed E-state index contributed by atoms with van der Waals surface area (Å²) >= 11 is 0. The first-order valence-corrected chi connectivity index (χ1v) is 17.9. The first-order chi connectivity index (χ1) is 19.2. The van der Waals surface area contributed by atoms with Crippen molar-refractivity contribution in [2.45, 2.75) is 219 Å². The van der Waals surface area contributed by atoms with Crippen LogP contribution in [0.2, 0.25) is 0 Å². The van der Waals surface area contributed by atoms with Crippen molar-refractivity contribution in [1.82, 2.24) is 0 Å². The summed E-state index contributed by atoms with van der Waals surface area (Å²) in [6, 6.07) is 0. The van der Waals surface area contributed by atoms with E-state index in [-0.39, 0.29) is 56.6 Å². The van der Waals surface area contributed by atoms with Gasteiger partial charge in [-0.25, -0.2) is 0 Å². The molecule has 0 N–H and O–H groups in total. The number of ether oxygens (including phenoxy) is 1. The van der Waals surface area contributed by atoms with Crippen LogP contribution in [0.25, 0.3) is 0 Å². The Balaban J connectivity index is -0.00000722. The molecule has 3 nitrogen and oxygen atoms in total. The summed E-state index contributed by atoms with van der Waals surface area (Å²) in [4.78, 5) is 23.8. The van der Waals surface area contributed by atoms with E-state index < -0.39 is 0 Å². The van der Waals surface area contributed by atoms with E-state index in [9.17, 15) is 9.59 Å². The number of hydrogen-bond donors (Lipinski definition) is 0. The normalized spacial score (nSPS) is 10.7. The zero-order valence-corrected chi connectivity index (χ0v) is 33.1. The molecule has 0 heterocycles. The van der Waals surface area contributed by atoms with Gasteiger partial charge in [0, 0.05) is 12.8 Å². The first kappa shape index (κ1) is 46.0. The molecule has 0 amide bonds. The van der Waals surface area contributed by atoms with Crippen LogP contribution < -0.4 is 0 Å². The Morgan fingerprint density at radius 2 is 0.512 bits per heavy atom. The first-order valence-electron chi connectivity index (χ1n) is 17.9. The zero-order valence-electron chi connectivity index (χ0n) is 27.6. The second-order valence-electron chi connectivity index (χ2n) is 12.2. The van der Waals surface area contributed by atoms with E-state index in [0.29, 0.717) is 12.8 Å². The molecular formula is C36H75AlO3Pb. The summed E-state index contributed by atoms with van der Waals surface area (Å²) in [7, 11) is 0. The molecular weight excluding hydrogens is 715 g/mol. The second-order valence-corrected chi connectivity index (χ2v) is 12.2. The molecule has 0 aliphatic heterocycles. The molecule has 0 bridgehead atoms. The van der Waals surface area contributed by atoms with Crippen LogP contribution >= 0.6 is 0 Å². The third kappa shape index (κ3) is 40.6. The van der Waals surface area contributed by atoms with Crippen LogP contribution in [-0.4, -0.2) is 56.6 Å². The quantitative estimate of drug-likeness (QED) is 0.0295. The standard InChI is InChI=1S/C36H70O3.Al.Pb.5H/c1-3-5-7-9-11-13-15-17-19-21-23-25-27-29-31-33-35(37)39-36(38)34-32-30-28-26-24-22-20-18-16-14-12-10-8-6-4-2;;;;;;;/h3-34H2,1-2H3;;;;;;;. The molecule has 0 fully saturated rings. The number of unbranched alkanes of at least 4 members (excludes halogenated alkanes) is 28. The van der Waals surface area contributed by atoms with Gasteiger partial charge in [0.25, 0.3) is 0 Å². The minimum absolute atomic E-state index is 0. The molecule has 5 heteroatoms. The van der Waals surface area contributed by atoms with Crippen LogP contribution in [0.4, 0.5) is 0 Å². The molecule has 0 rings (SSSR count). The van der Waals surface area contributed by atoms with Crippen LogP contribution in [0, 0.1) is 0 Å². The molecule has 0 aromatic carbocycles. The third-order valence-corrected chi connectivity index (χ3v) is 8.20. The van der Waals surface area contributed by atoms with E-state index >= 15 is 0 Å². The van der Waals surface area contributed by atoms with Gasteiger partial charge >= 0.3 is 39.2 Å². The van der Waals surface area contributed by atoms with E-state index in [4.69, 9.17) is 4.74 Å². The summed E-state index contributed by atoms with van der Waals surface area (Å²) in [5.74, 6) is -0.647. The monoisotopic (exact) mass is 791 g/mol. The molecule has 0 saturated heterocycles. The van der Waals surface area contributed by atoms with Crippen molar-refractivity contribution < 1.29 is 14.3 Å². The van der Waals surface area contributed by atoms with E-state index in [1.54, 1.807) is 0 Å². The Labute approximate surface area is 288 Å². The molecule has 0 aliphatic carbocycles. The Morgan fingerprint density at radius 3 is 0.707 bits per heavy atom. The zero-order chi connectivity index (χ0) is 28.5. The van der Waals surface area contributed by atoms with Crippen LogP contribution in [0.3, 0.4) is 0 Å². The molecule has 0 aliphatic rings. The van der Waals surface area contributed by atoms with Crippen LogP contribution in [0.5, 0.6) is 0 Å². The van der Waals surface area contributed by atoms with Crippen molar-refractivity contribution in [1.29, 1.82) is 0 Å². The Morgan fingerprint density at radius 1 is 0.341 bits per heavy atom. The topological polar surface area (TPSA) is 43.4 Å². The fourth-order valence-electron chi connectivity index (χ4n) is 5.51. The molecule has 0 unspecified atom stereocenters. The fraction of sp³-hybridized carbons (Fsp3) is 0.944. The van der Waals surface area contributed by atoms with Crippen LogP contribution in [0.15, 0.2) is 0 Å². The van der Waals surface area contributed by atoms with Crippen molar-refractivity contribution in [3.05, 3.63) is 0 Å². The van der Waals surface area contributed by atoms with Gasteiger partial charge in [-0.2, -0.15) is 0 Å². The van der Waals surface area contributed by atoms with Gasteiger partial charge in [0.15, 0.2) is 17.4 Å². The van der Waals surface area contributed by atoms with Gasteiger partial charge < -0.3 is 4.74 Å². The van der Waals surface area contributed by atoms with Crippen LogP contribution in [0.1, 0.15) is 219 Å². The maximum absolute atomic E-state index is 11.9. The predicted octanol–water partition coefficient (Wildman–Crippen LogP) is 10.5. The molecule has 244 valence electrons. The minimum atomic E-state index is -0.323. The van der Waals surface area contributed by atoms with Crippen molar-refractivity contribution in [2.75, 3.05) is 0 Å². The van der Waals surface area contributed by atoms with E-state index in [0.717, 1.165) is 25.7 Å². The number of carbonyl (C=O) groups is 2. The van der Waals surface area contributed by atoms with E-state index in [2.05, 4.69) is 13.8 Å². The van der Waals surface area contributed by atoms with Gasteiger partial charge in [-0.1, -0.05) is 194 Å². The average molecular weight is 790 g/mol. The van der Waals surface area contributed by atoms with Crippen LogP contribution in [-0.2, 0) is 14.3 Å². The van der Waals surface area contributed by atoms with Crippen molar-refractivity contribution in [3.63, 3.8) is 0 Å². The number of carbonyl (C=O) groups excluding carboxylic acids is 2. The third-order valence-electron chi connectivity index (χ3n) is 8.20. The van der Waals surface area contributed by atoms with Gasteiger partial charge in [0.2, 0.25) is 0 Å². The van der Waals surface area contributed by atoms with Gasteiger partial charge in [0.05, 0.1) is 0 Å². The second kappa shape index (κ2) is 40.6. The van der Waals surface area contributed by atoms with E-state index in [1.165, 1.54) is 167 Å². The van der Waals surface area contributed by atoms with Crippen molar-refractivity contribution in [2.24, 2.45) is 0 Å². The number of hydrogen-bond acceptors (Lipinski definition) is 3. The van der Waals surface area contributed by atoms with Gasteiger partial charge in [-0.15, -0.1) is 0 Å². The summed E-state index contributed by atoms with van der Waals surface area (Å²) in [5.41, 5.74) is 0. The molecule has 0 atom stereocenters. The van der Waals surface area contributed by atoms with Gasteiger partial charge in [-0.3, -0.25) is 9.59 Å². The summed E-state index contributed by atoms with van der Waals surface area (Å²) in [5, 5.41) is 0. The maximum atomic E-state index is 11.9.